The Labute approximate surface area is 119 Å². The van der Waals surface area contributed by atoms with Crippen LogP contribution < -0.4 is 16.4 Å². The van der Waals surface area contributed by atoms with Gasteiger partial charge in [0.05, 0.1) is 11.4 Å². The largest absolute Gasteiger partial charge is 0.441 e. The van der Waals surface area contributed by atoms with Crippen LogP contribution in [0.5, 0.6) is 0 Å². The summed E-state index contributed by atoms with van der Waals surface area (Å²) in [4.78, 5) is 11.6. The fraction of sp³-hybridized carbons (Fsp3) is 0.417. The number of anilines is 2. The number of hydrogen-bond acceptors (Lipinski definition) is 4. The molecule has 0 saturated heterocycles. The standard InChI is InChI=1S/C12H16F3N3OS/c1-2-17-11(19)8-3-4-9(16)10(7-8)18-5-6-20-12(13,14)15/h3-4,7,18H,2,5-6,16H2,1H3,(H,17,19). The zero-order chi connectivity index (χ0) is 15.2. The third-order valence-electron chi connectivity index (χ3n) is 2.34. The molecular formula is C12H16F3N3OS. The number of nitrogen functional groups attached to an aromatic ring is 1. The summed E-state index contributed by atoms with van der Waals surface area (Å²) in [6.45, 7) is 2.39. The summed E-state index contributed by atoms with van der Waals surface area (Å²) in [5.74, 6) is -0.380. The first-order valence-corrected chi connectivity index (χ1v) is 6.94. The number of hydrogen-bond donors (Lipinski definition) is 3. The number of nitrogens with two attached hydrogens (primary N) is 1. The quantitative estimate of drug-likeness (QED) is 0.558. The molecule has 1 amide bonds. The average Bonchev–Trinajstić information content (AvgIpc) is 2.35. The first-order chi connectivity index (χ1) is 9.33. The summed E-state index contributed by atoms with van der Waals surface area (Å²) < 4.78 is 35.9. The fourth-order valence-electron chi connectivity index (χ4n) is 1.47. The lowest BCUT2D eigenvalue weighted by atomic mass is 10.1. The highest BCUT2D eigenvalue weighted by molar-refractivity contribution is 8.00. The van der Waals surface area contributed by atoms with Crippen molar-refractivity contribution in [3.8, 4) is 0 Å². The van der Waals surface area contributed by atoms with Gasteiger partial charge in [-0.05, 0) is 36.9 Å². The maximum Gasteiger partial charge on any atom is 0.441 e. The Morgan fingerprint density at radius 2 is 2.10 bits per heavy atom. The second-order valence-corrected chi connectivity index (χ2v) is 5.04. The topological polar surface area (TPSA) is 67.2 Å². The lowest BCUT2D eigenvalue weighted by Crippen LogP contribution is -2.22. The van der Waals surface area contributed by atoms with Crippen LogP contribution in [0, 0.1) is 0 Å². The molecule has 0 atom stereocenters. The number of amides is 1. The van der Waals surface area contributed by atoms with Crippen LogP contribution in [0.4, 0.5) is 24.5 Å². The van der Waals surface area contributed by atoms with Gasteiger partial charge in [0.2, 0.25) is 0 Å². The van der Waals surface area contributed by atoms with Crippen molar-refractivity contribution in [1.29, 1.82) is 0 Å². The van der Waals surface area contributed by atoms with Crippen LogP contribution in [0.2, 0.25) is 0 Å². The van der Waals surface area contributed by atoms with E-state index in [4.69, 9.17) is 5.73 Å². The zero-order valence-corrected chi connectivity index (χ0v) is 11.7. The molecule has 0 fully saturated rings. The van der Waals surface area contributed by atoms with E-state index in [9.17, 15) is 18.0 Å². The smallest absolute Gasteiger partial charge is 0.397 e. The SMILES string of the molecule is CCNC(=O)c1ccc(N)c(NCCSC(F)(F)F)c1. The Kier molecular flexibility index (Phi) is 6.00. The summed E-state index contributed by atoms with van der Waals surface area (Å²) in [5.41, 5.74) is 2.72. The van der Waals surface area contributed by atoms with Crippen molar-refractivity contribution >= 4 is 29.0 Å². The maximum atomic E-state index is 12.0. The summed E-state index contributed by atoms with van der Waals surface area (Å²) in [6.07, 6.45) is 0. The molecule has 4 nitrogen and oxygen atoms in total. The van der Waals surface area contributed by atoms with Crippen LogP contribution in [0.25, 0.3) is 0 Å². The summed E-state index contributed by atoms with van der Waals surface area (Å²) in [5, 5.41) is 5.43. The first-order valence-electron chi connectivity index (χ1n) is 5.95. The number of halogens is 3. The molecule has 112 valence electrons. The van der Waals surface area contributed by atoms with Crippen molar-refractivity contribution in [2.24, 2.45) is 0 Å². The monoisotopic (exact) mass is 307 g/mol. The molecular weight excluding hydrogens is 291 g/mol. The summed E-state index contributed by atoms with van der Waals surface area (Å²) in [7, 11) is 0. The van der Waals surface area contributed by atoms with Crippen molar-refractivity contribution in [2.75, 3.05) is 29.9 Å². The number of nitrogens with one attached hydrogen (secondary N) is 2. The minimum absolute atomic E-state index is 0.104. The van der Waals surface area contributed by atoms with E-state index in [2.05, 4.69) is 10.6 Å². The van der Waals surface area contributed by atoms with Gasteiger partial charge < -0.3 is 16.4 Å². The Hall–Kier alpha value is -1.57. The molecule has 0 bridgehead atoms. The highest BCUT2D eigenvalue weighted by Gasteiger charge is 2.27. The highest BCUT2D eigenvalue weighted by atomic mass is 32.2. The Morgan fingerprint density at radius 1 is 1.40 bits per heavy atom. The van der Waals surface area contributed by atoms with Gasteiger partial charge in [0.15, 0.2) is 0 Å². The van der Waals surface area contributed by atoms with E-state index in [1.165, 1.54) is 6.07 Å². The molecule has 1 rings (SSSR count). The maximum absolute atomic E-state index is 12.0. The highest BCUT2D eigenvalue weighted by Crippen LogP contribution is 2.30. The van der Waals surface area contributed by atoms with Crippen LogP contribution in [0.3, 0.4) is 0 Å². The minimum atomic E-state index is -4.24. The molecule has 0 spiro atoms. The molecule has 0 radical (unpaired) electrons. The van der Waals surface area contributed by atoms with E-state index < -0.39 is 5.51 Å². The lowest BCUT2D eigenvalue weighted by molar-refractivity contribution is -0.0327. The molecule has 1 aromatic carbocycles. The molecule has 1 aromatic rings. The van der Waals surface area contributed by atoms with E-state index in [1.54, 1.807) is 19.1 Å². The molecule has 0 unspecified atom stereocenters. The third kappa shape index (κ3) is 5.60. The Bertz CT molecular complexity index is 466. The molecule has 4 N–H and O–H groups in total. The molecule has 0 aromatic heterocycles. The second-order valence-electron chi connectivity index (χ2n) is 3.88. The van der Waals surface area contributed by atoms with Crippen molar-refractivity contribution in [1.82, 2.24) is 5.32 Å². The van der Waals surface area contributed by atoms with Crippen LogP contribution in [-0.2, 0) is 0 Å². The number of thioether (sulfide) groups is 1. The van der Waals surface area contributed by atoms with E-state index in [0.29, 0.717) is 23.5 Å². The van der Waals surface area contributed by atoms with Crippen molar-refractivity contribution in [2.45, 2.75) is 12.4 Å². The summed E-state index contributed by atoms with van der Waals surface area (Å²) in [6, 6.07) is 4.64. The van der Waals surface area contributed by atoms with E-state index in [-0.39, 0.29) is 30.0 Å². The van der Waals surface area contributed by atoms with Crippen molar-refractivity contribution < 1.29 is 18.0 Å². The molecule has 0 aliphatic rings. The second kappa shape index (κ2) is 7.28. The lowest BCUT2D eigenvalue weighted by Gasteiger charge is -2.11. The number of rotatable bonds is 6. The number of benzene rings is 1. The van der Waals surface area contributed by atoms with Crippen LogP contribution in [0.15, 0.2) is 18.2 Å². The minimum Gasteiger partial charge on any atom is -0.397 e. The molecule has 8 heteroatoms. The molecule has 0 aliphatic carbocycles. The Balaban J connectivity index is 2.61. The van der Waals surface area contributed by atoms with E-state index in [1.807, 2.05) is 0 Å². The average molecular weight is 307 g/mol. The van der Waals surface area contributed by atoms with Crippen LogP contribution in [0.1, 0.15) is 17.3 Å². The number of carbonyl (C=O) groups excluding carboxylic acids is 1. The van der Waals surface area contributed by atoms with Gasteiger partial charge in [0, 0.05) is 24.4 Å². The van der Waals surface area contributed by atoms with E-state index >= 15 is 0 Å². The third-order valence-corrected chi connectivity index (χ3v) is 3.07. The van der Waals surface area contributed by atoms with Gasteiger partial charge in [-0.25, -0.2) is 0 Å². The fourth-order valence-corrected chi connectivity index (χ4v) is 1.90. The molecule has 20 heavy (non-hydrogen) atoms. The predicted octanol–water partition coefficient (Wildman–Crippen LogP) is 2.68. The van der Waals surface area contributed by atoms with Gasteiger partial charge in [-0.1, -0.05) is 0 Å². The number of carbonyl (C=O) groups is 1. The predicted molar refractivity (Wildman–Crippen MR) is 75.9 cm³/mol. The van der Waals surface area contributed by atoms with Crippen LogP contribution >= 0.6 is 11.8 Å². The van der Waals surface area contributed by atoms with Gasteiger partial charge in [0.25, 0.3) is 5.91 Å². The molecule has 0 saturated carbocycles. The molecule has 0 heterocycles. The van der Waals surface area contributed by atoms with Crippen molar-refractivity contribution in [3.63, 3.8) is 0 Å². The van der Waals surface area contributed by atoms with E-state index in [0.717, 1.165) is 0 Å². The van der Waals surface area contributed by atoms with Gasteiger partial charge in [0.1, 0.15) is 0 Å². The van der Waals surface area contributed by atoms with Gasteiger partial charge >= 0.3 is 5.51 Å². The van der Waals surface area contributed by atoms with Gasteiger partial charge in [-0.15, -0.1) is 0 Å². The van der Waals surface area contributed by atoms with Gasteiger partial charge in [-0.3, -0.25) is 4.79 Å². The zero-order valence-electron chi connectivity index (χ0n) is 10.9. The van der Waals surface area contributed by atoms with Crippen LogP contribution in [-0.4, -0.2) is 30.3 Å². The van der Waals surface area contributed by atoms with Gasteiger partial charge in [-0.2, -0.15) is 13.2 Å². The Morgan fingerprint density at radius 3 is 2.70 bits per heavy atom. The summed E-state index contributed by atoms with van der Waals surface area (Å²) >= 11 is -0.105. The normalized spacial score (nSPS) is 11.2. The number of alkyl halides is 3. The first kappa shape index (κ1) is 16.5. The van der Waals surface area contributed by atoms with Crippen molar-refractivity contribution in [3.05, 3.63) is 23.8 Å². The molecule has 0 aliphatic heterocycles.